The zero-order valence-electron chi connectivity index (χ0n) is 15.2. The van der Waals surface area contributed by atoms with Crippen molar-refractivity contribution in [2.24, 2.45) is 0 Å². The zero-order valence-corrected chi connectivity index (χ0v) is 15.2. The lowest BCUT2D eigenvalue weighted by Gasteiger charge is -2.08. The molecule has 9 nitrogen and oxygen atoms in total. The second-order valence-corrected chi connectivity index (χ2v) is 5.96. The van der Waals surface area contributed by atoms with E-state index in [1.807, 2.05) is 54.6 Å². The summed E-state index contributed by atoms with van der Waals surface area (Å²) < 4.78 is 5.73. The topological polar surface area (TPSA) is 133 Å². The van der Waals surface area contributed by atoms with Crippen LogP contribution in [0.15, 0.2) is 65.6 Å². The number of carbonyl (C=O) groups excluding carboxylic acids is 1. The molecule has 2 aromatic carbocycles. The van der Waals surface area contributed by atoms with Crippen LogP contribution in [0, 0.1) is 0 Å². The third-order valence-corrected chi connectivity index (χ3v) is 3.81. The first-order valence-electron chi connectivity index (χ1n) is 8.66. The summed E-state index contributed by atoms with van der Waals surface area (Å²) in [6.07, 6.45) is 1.09. The smallest absolute Gasteiger partial charge is 0.322 e. The minimum atomic E-state index is -1.21. The number of H-pyrrole nitrogens is 1. The number of ether oxygens (including phenoxy) is 1. The Morgan fingerprint density at radius 3 is 2.38 bits per heavy atom. The van der Waals surface area contributed by atoms with E-state index in [2.05, 4.69) is 20.6 Å². The molecular weight excluding hydrogens is 376 g/mol. The molecule has 0 unspecified atom stereocenters. The van der Waals surface area contributed by atoms with Crippen LogP contribution in [0.1, 0.15) is 15.9 Å². The van der Waals surface area contributed by atoms with Gasteiger partial charge in [-0.1, -0.05) is 30.3 Å². The van der Waals surface area contributed by atoms with Crippen molar-refractivity contribution >= 4 is 17.8 Å². The number of aromatic amines is 1. The summed E-state index contributed by atoms with van der Waals surface area (Å²) in [7, 11) is 0. The average molecular weight is 394 g/mol. The predicted molar refractivity (Wildman–Crippen MR) is 105 cm³/mol. The number of aromatic nitrogens is 2. The van der Waals surface area contributed by atoms with E-state index in [1.54, 1.807) is 0 Å². The molecule has 0 spiro atoms. The van der Waals surface area contributed by atoms with Crippen LogP contribution in [0.5, 0.6) is 11.5 Å². The van der Waals surface area contributed by atoms with Gasteiger partial charge in [0.25, 0.3) is 11.5 Å². The molecule has 148 valence electrons. The van der Waals surface area contributed by atoms with E-state index in [-0.39, 0.29) is 11.5 Å². The Labute approximate surface area is 165 Å². The highest BCUT2D eigenvalue weighted by atomic mass is 16.5. The molecule has 9 heteroatoms. The molecule has 0 saturated heterocycles. The summed E-state index contributed by atoms with van der Waals surface area (Å²) in [5.41, 5.74) is -0.00690. The van der Waals surface area contributed by atoms with Crippen LogP contribution < -0.4 is 20.9 Å². The SMILES string of the molecule is O=C(O)CNC(=O)c1cnc(NCc2ccc(Oc3ccccc3)cc2)[nH]c1=O. The maximum Gasteiger partial charge on any atom is 0.322 e. The number of carbonyl (C=O) groups is 2. The van der Waals surface area contributed by atoms with Crippen LogP contribution >= 0.6 is 0 Å². The van der Waals surface area contributed by atoms with Gasteiger partial charge in [-0.05, 0) is 29.8 Å². The summed E-state index contributed by atoms with van der Waals surface area (Å²) in [4.78, 5) is 40.6. The fraction of sp³-hybridized carbons (Fsp3) is 0.100. The monoisotopic (exact) mass is 394 g/mol. The van der Waals surface area contributed by atoms with Gasteiger partial charge in [-0.25, -0.2) is 4.98 Å². The van der Waals surface area contributed by atoms with Crippen LogP contribution in [0.3, 0.4) is 0 Å². The van der Waals surface area contributed by atoms with E-state index in [1.165, 1.54) is 0 Å². The molecule has 1 amide bonds. The van der Waals surface area contributed by atoms with Gasteiger partial charge >= 0.3 is 5.97 Å². The Morgan fingerprint density at radius 1 is 1.03 bits per heavy atom. The first kappa shape index (κ1) is 19.6. The quantitative estimate of drug-likeness (QED) is 0.459. The number of para-hydroxylation sites is 1. The Bertz CT molecular complexity index is 1050. The summed E-state index contributed by atoms with van der Waals surface area (Å²) >= 11 is 0. The molecule has 0 fully saturated rings. The normalized spacial score (nSPS) is 10.2. The van der Waals surface area contributed by atoms with Gasteiger partial charge in [0.2, 0.25) is 5.95 Å². The number of anilines is 1. The standard InChI is InChI=1S/C20H18N4O5/c25-17(26)12-21-18(27)16-11-23-20(24-19(16)28)22-10-13-6-8-15(9-7-13)29-14-4-2-1-3-5-14/h1-9,11H,10,12H2,(H,21,27)(H,25,26)(H2,22,23,24,28). The third kappa shape index (κ3) is 5.67. The van der Waals surface area contributed by atoms with Crippen molar-refractivity contribution in [3.8, 4) is 11.5 Å². The Kier molecular flexibility index (Phi) is 6.21. The number of aliphatic carboxylic acids is 1. The molecule has 0 aliphatic rings. The molecule has 0 atom stereocenters. The molecule has 1 heterocycles. The number of amides is 1. The molecule has 0 aliphatic carbocycles. The lowest BCUT2D eigenvalue weighted by atomic mass is 10.2. The van der Waals surface area contributed by atoms with E-state index in [0.29, 0.717) is 12.3 Å². The van der Waals surface area contributed by atoms with Crippen molar-refractivity contribution in [2.75, 3.05) is 11.9 Å². The van der Waals surface area contributed by atoms with E-state index in [9.17, 15) is 14.4 Å². The van der Waals surface area contributed by atoms with Crippen molar-refractivity contribution in [3.63, 3.8) is 0 Å². The highest BCUT2D eigenvalue weighted by Gasteiger charge is 2.12. The summed E-state index contributed by atoms with van der Waals surface area (Å²) in [5, 5.41) is 13.6. The number of carboxylic acids is 1. The number of hydrogen-bond acceptors (Lipinski definition) is 6. The van der Waals surface area contributed by atoms with Gasteiger partial charge < -0.3 is 20.5 Å². The van der Waals surface area contributed by atoms with E-state index < -0.39 is 24.0 Å². The Hall–Kier alpha value is -4.14. The fourth-order valence-corrected chi connectivity index (χ4v) is 2.38. The fourth-order valence-electron chi connectivity index (χ4n) is 2.38. The van der Waals surface area contributed by atoms with Crippen LogP contribution in [0.2, 0.25) is 0 Å². The highest BCUT2D eigenvalue weighted by molar-refractivity contribution is 5.95. The first-order valence-corrected chi connectivity index (χ1v) is 8.66. The van der Waals surface area contributed by atoms with Crippen molar-refractivity contribution in [3.05, 3.63) is 82.3 Å². The minimum Gasteiger partial charge on any atom is -0.480 e. The molecule has 0 aliphatic heterocycles. The minimum absolute atomic E-state index is 0.189. The summed E-state index contributed by atoms with van der Waals surface area (Å²) in [6.45, 7) is -0.193. The molecule has 4 N–H and O–H groups in total. The van der Waals surface area contributed by atoms with E-state index >= 15 is 0 Å². The lowest BCUT2D eigenvalue weighted by molar-refractivity contribution is -0.135. The van der Waals surface area contributed by atoms with Crippen LogP contribution in [0.25, 0.3) is 0 Å². The van der Waals surface area contributed by atoms with E-state index in [4.69, 9.17) is 9.84 Å². The Balaban J connectivity index is 1.57. The largest absolute Gasteiger partial charge is 0.480 e. The first-order chi connectivity index (χ1) is 14.0. The van der Waals surface area contributed by atoms with Gasteiger partial charge in [0.05, 0.1) is 0 Å². The predicted octanol–water partition coefficient (Wildman–Crippen LogP) is 1.99. The van der Waals surface area contributed by atoms with Crippen molar-refractivity contribution in [2.45, 2.75) is 6.54 Å². The summed E-state index contributed by atoms with van der Waals surface area (Å²) in [5.74, 6) is -0.381. The van der Waals surface area contributed by atoms with Crippen LogP contribution in [0.4, 0.5) is 5.95 Å². The van der Waals surface area contributed by atoms with Gasteiger partial charge in [-0.3, -0.25) is 19.4 Å². The summed E-state index contributed by atoms with van der Waals surface area (Å²) in [6, 6.07) is 16.8. The molecule has 29 heavy (non-hydrogen) atoms. The van der Waals surface area contributed by atoms with Gasteiger partial charge in [0.15, 0.2) is 0 Å². The molecule has 0 saturated carbocycles. The third-order valence-electron chi connectivity index (χ3n) is 3.81. The molecular formula is C20H18N4O5. The molecule has 1 aromatic heterocycles. The average Bonchev–Trinajstić information content (AvgIpc) is 2.72. The highest BCUT2D eigenvalue weighted by Crippen LogP contribution is 2.21. The number of carboxylic acid groups (broad SMARTS) is 1. The van der Waals surface area contributed by atoms with Gasteiger partial charge in [-0.2, -0.15) is 0 Å². The van der Waals surface area contributed by atoms with Crippen molar-refractivity contribution in [1.29, 1.82) is 0 Å². The van der Waals surface area contributed by atoms with Crippen molar-refractivity contribution < 1.29 is 19.4 Å². The van der Waals surface area contributed by atoms with Gasteiger partial charge in [-0.15, -0.1) is 0 Å². The van der Waals surface area contributed by atoms with E-state index in [0.717, 1.165) is 17.5 Å². The van der Waals surface area contributed by atoms with Gasteiger partial charge in [0.1, 0.15) is 23.6 Å². The maximum atomic E-state index is 12.0. The Morgan fingerprint density at radius 2 is 1.72 bits per heavy atom. The van der Waals surface area contributed by atoms with Crippen molar-refractivity contribution in [1.82, 2.24) is 15.3 Å². The molecule has 0 radical (unpaired) electrons. The number of rotatable bonds is 8. The van der Waals surface area contributed by atoms with Gasteiger partial charge in [0, 0.05) is 12.7 Å². The lowest BCUT2D eigenvalue weighted by Crippen LogP contribution is -2.33. The van der Waals surface area contributed by atoms with Crippen LogP contribution in [-0.2, 0) is 11.3 Å². The number of nitrogens with one attached hydrogen (secondary N) is 3. The maximum absolute atomic E-state index is 12.0. The zero-order chi connectivity index (χ0) is 20.6. The molecule has 0 bridgehead atoms. The van der Waals surface area contributed by atoms with Crippen LogP contribution in [-0.4, -0.2) is 33.5 Å². The molecule has 3 rings (SSSR count). The number of benzene rings is 2. The second-order valence-electron chi connectivity index (χ2n) is 5.96. The second kappa shape index (κ2) is 9.18. The molecule has 3 aromatic rings. The number of nitrogens with zero attached hydrogens (tertiary/aromatic N) is 1. The number of hydrogen-bond donors (Lipinski definition) is 4.